The minimum Gasteiger partial charge on any atom is -0.338 e. The Balaban J connectivity index is 0.00000225. The van der Waals surface area contributed by atoms with E-state index in [1.807, 2.05) is 24.9 Å². The van der Waals surface area contributed by atoms with Crippen LogP contribution in [0.4, 0.5) is 5.69 Å². The van der Waals surface area contributed by atoms with Gasteiger partial charge < -0.3 is 10.2 Å². The van der Waals surface area contributed by atoms with Gasteiger partial charge >= 0.3 is 0 Å². The predicted molar refractivity (Wildman–Crippen MR) is 102 cm³/mol. The third kappa shape index (κ3) is 4.10. The maximum atomic E-state index is 12.8. The Kier molecular flexibility index (Phi) is 6.35. The van der Waals surface area contributed by atoms with E-state index in [9.17, 15) is 13.2 Å². The van der Waals surface area contributed by atoms with Crippen LogP contribution in [0.5, 0.6) is 0 Å². The summed E-state index contributed by atoms with van der Waals surface area (Å²) in [4.78, 5) is 14.7. The second-order valence-corrected chi connectivity index (χ2v) is 8.72. The Morgan fingerprint density at radius 2 is 2.08 bits per heavy atom. The van der Waals surface area contributed by atoms with Crippen molar-refractivity contribution in [1.29, 1.82) is 0 Å². The monoisotopic (exact) mass is 387 g/mol. The van der Waals surface area contributed by atoms with Gasteiger partial charge in [-0.3, -0.25) is 9.10 Å². The summed E-state index contributed by atoms with van der Waals surface area (Å²) in [6, 6.07) is 5.34. The van der Waals surface area contributed by atoms with E-state index >= 15 is 0 Å². The number of nitrogens with one attached hydrogen (secondary N) is 1. The summed E-state index contributed by atoms with van der Waals surface area (Å²) in [5.74, 6) is 0.753. The predicted octanol–water partition coefficient (Wildman–Crippen LogP) is 1.64. The van der Waals surface area contributed by atoms with E-state index in [4.69, 9.17) is 0 Å². The van der Waals surface area contributed by atoms with Crippen LogP contribution < -0.4 is 9.62 Å². The minimum absolute atomic E-state index is 0. The van der Waals surface area contributed by atoms with Crippen LogP contribution in [0.2, 0.25) is 0 Å². The Morgan fingerprint density at radius 1 is 1.32 bits per heavy atom. The molecule has 0 aromatic heterocycles. The first kappa shape index (κ1) is 20.0. The molecule has 1 aromatic rings. The van der Waals surface area contributed by atoms with Gasteiger partial charge in [0.25, 0.3) is 5.91 Å². The highest BCUT2D eigenvalue weighted by Crippen LogP contribution is 2.27. The van der Waals surface area contributed by atoms with Crippen molar-refractivity contribution in [3.8, 4) is 0 Å². The van der Waals surface area contributed by atoms with E-state index in [2.05, 4.69) is 5.32 Å². The lowest BCUT2D eigenvalue weighted by molar-refractivity contribution is 0.0786. The fourth-order valence-corrected chi connectivity index (χ4v) is 5.17. The highest BCUT2D eigenvalue weighted by atomic mass is 35.5. The molecular weight excluding hydrogens is 362 g/mol. The Hall–Kier alpha value is -1.31. The number of likely N-dealkylation sites (tertiary alicyclic amines) is 1. The van der Waals surface area contributed by atoms with E-state index in [1.54, 1.807) is 12.1 Å². The second kappa shape index (κ2) is 7.93. The van der Waals surface area contributed by atoms with Crippen molar-refractivity contribution in [2.45, 2.75) is 19.8 Å². The van der Waals surface area contributed by atoms with E-state index in [0.717, 1.165) is 31.6 Å². The van der Waals surface area contributed by atoms with Crippen LogP contribution in [0.15, 0.2) is 18.2 Å². The number of rotatable bonds is 4. The molecular formula is C17H26ClN3O3S. The molecule has 1 amide bonds. The number of sulfonamides is 1. The molecule has 1 atom stereocenters. The zero-order valence-corrected chi connectivity index (χ0v) is 16.3. The topological polar surface area (TPSA) is 69.7 Å². The Bertz CT molecular complexity index is 739. The molecule has 1 aromatic carbocycles. The molecule has 0 bridgehead atoms. The van der Waals surface area contributed by atoms with Gasteiger partial charge in [0.2, 0.25) is 10.0 Å². The van der Waals surface area contributed by atoms with E-state index in [1.165, 1.54) is 4.31 Å². The van der Waals surface area contributed by atoms with Crippen molar-refractivity contribution in [2.24, 2.45) is 5.92 Å². The van der Waals surface area contributed by atoms with Gasteiger partial charge in [-0.05, 0) is 63.0 Å². The smallest absolute Gasteiger partial charge is 0.254 e. The first-order valence-corrected chi connectivity index (χ1v) is 10.1. The number of hydrogen-bond acceptors (Lipinski definition) is 4. The summed E-state index contributed by atoms with van der Waals surface area (Å²) in [7, 11) is -1.26. The summed E-state index contributed by atoms with van der Waals surface area (Å²) in [5.41, 5.74) is 2.16. The number of nitrogens with zero attached hydrogens (tertiary/aromatic N) is 2. The number of anilines is 1. The lowest BCUT2D eigenvalue weighted by atomic mass is 10.1. The Labute approximate surface area is 156 Å². The number of benzene rings is 1. The molecule has 0 spiro atoms. The molecule has 25 heavy (non-hydrogen) atoms. The first-order chi connectivity index (χ1) is 11.4. The SMILES string of the molecule is CNCC1CCN(C(=O)c2ccc(N3CCCS3(=O)=O)cc2C)C1.Cl. The van der Waals surface area contributed by atoms with Crippen LogP contribution in [0.3, 0.4) is 0 Å². The molecule has 1 N–H and O–H groups in total. The molecule has 2 aliphatic heterocycles. The molecule has 2 saturated heterocycles. The van der Waals surface area contributed by atoms with Crippen LogP contribution in [0.25, 0.3) is 0 Å². The minimum atomic E-state index is -3.19. The fraction of sp³-hybridized carbons (Fsp3) is 0.588. The average Bonchev–Trinajstić information content (AvgIpc) is 3.13. The van der Waals surface area contributed by atoms with Gasteiger partial charge in [-0.1, -0.05) is 0 Å². The largest absolute Gasteiger partial charge is 0.338 e. The van der Waals surface area contributed by atoms with Crippen molar-refractivity contribution in [1.82, 2.24) is 10.2 Å². The van der Waals surface area contributed by atoms with Gasteiger partial charge in [-0.2, -0.15) is 0 Å². The quantitative estimate of drug-likeness (QED) is 0.852. The maximum absolute atomic E-state index is 12.8. The highest BCUT2D eigenvalue weighted by molar-refractivity contribution is 7.93. The fourth-order valence-electron chi connectivity index (χ4n) is 3.62. The molecule has 3 rings (SSSR count). The van der Waals surface area contributed by atoms with Crippen LogP contribution in [-0.4, -0.2) is 58.2 Å². The van der Waals surface area contributed by atoms with Crippen molar-refractivity contribution in [3.63, 3.8) is 0 Å². The first-order valence-electron chi connectivity index (χ1n) is 8.47. The second-order valence-electron chi connectivity index (χ2n) is 6.70. The third-order valence-corrected chi connectivity index (χ3v) is 6.76. The number of carbonyl (C=O) groups excluding carboxylic acids is 1. The number of carbonyl (C=O) groups is 1. The van der Waals surface area contributed by atoms with Gasteiger partial charge in [0.05, 0.1) is 11.4 Å². The lowest BCUT2D eigenvalue weighted by Gasteiger charge is -2.21. The molecule has 2 heterocycles. The molecule has 0 saturated carbocycles. The normalized spacial score (nSPS) is 22.1. The number of aryl methyl sites for hydroxylation is 1. The van der Waals surface area contributed by atoms with Gasteiger partial charge in [0.1, 0.15) is 0 Å². The number of hydrogen-bond donors (Lipinski definition) is 1. The number of halogens is 1. The number of amides is 1. The summed E-state index contributed by atoms with van der Waals surface area (Å²) in [6.07, 6.45) is 1.68. The standard InChI is InChI=1S/C17H25N3O3S.ClH/c1-13-10-15(20-7-3-9-24(20,22)23)4-5-16(13)17(21)19-8-6-14(12-19)11-18-2;/h4-5,10,14,18H,3,6-9,11-12H2,1-2H3;1H. The Morgan fingerprint density at radius 3 is 2.68 bits per heavy atom. The van der Waals surface area contributed by atoms with Crippen LogP contribution in [0, 0.1) is 12.8 Å². The molecule has 0 radical (unpaired) electrons. The summed E-state index contributed by atoms with van der Waals surface area (Å²) < 4.78 is 25.5. The van der Waals surface area contributed by atoms with Crippen molar-refractivity contribution >= 4 is 34.0 Å². The van der Waals surface area contributed by atoms with Crippen LogP contribution in [0.1, 0.15) is 28.8 Å². The molecule has 0 aliphatic carbocycles. The lowest BCUT2D eigenvalue weighted by Crippen LogP contribution is -2.31. The highest BCUT2D eigenvalue weighted by Gasteiger charge is 2.30. The van der Waals surface area contributed by atoms with Gasteiger partial charge in [-0.25, -0.2) is 8.42 Å². The molecule has 2 fully saturated rings. The van der Waals surface area contributed by atoms with Crippen LogP contribution in [-0.2, 0) is 10.0 Å². The summed E-state index contributed by atoms with van der Waals surface area (Å²) >= 11 is 0. The molecule has 2 aliphatic rings. The van der Waals surface area contributed by atoms with Gasteiger partial charge in [0.15, 0.2) is 0 Å². The van der Waals surface area contributed by atoms with Gasteiger partial charge in [-0.15, -0.1) is 12.4 Å². The summed E-state index contributed by atoms with van der Waals surface area (Å²) in [5, 5.41) is 3.17. The van der Waals surface area contributed by atoms with Crippen molar-refractivity contribution in [3.05, 3.63) is 29.3 Å². The van der Waals surface area contributed by atoms with E-state index in [-0.39, 0.29) is 24.1 Å². The zero-order valence-electron chi connectivity index (χ0n) is 14.7. The van der Waals surface area contributed by atoms with E-state index in [0.29, 0.717) is 30.1 Å². The maximum Gasteiger partial charge on any atom is 0.254 e. The van der Waals surface area contributed by atoms with Crippen LogP contribution >= 0.6 is 12.4 Å². The molecule has 8 heteroatoms. The summed E-state index contributed by atoms with van der Waals surface area (Å²) in [6.45, 7) is 4.89. The van der Waals surface area contributed by atoms with Crippen molar-refractivity contribution < 1.29 is 13.2 Å². The molecule has 1 unspecified atom stereocenters. The van der Waals surface area contributed by atoms with Gasteiger partial charge in [0, 0.05) is 25.2 Å². The molecule has 6 nitrogen and oxygen atoms in total. The average molecular weight is 388 g/mol. The third-order valence-electron chi connectivity index (χ3n) is 4.89. The zero-order chi connectivity index (χ0) is 17.3. The van der Waals surface area contributed by atoms with E-state index < -0.39 is 10.0 Å². The molecule has 140 valence electrons. The van der Waals surface area contributed by atoms with Crippen molar-refractivity contribution in [2.75, 3.05) is 43.3 Å².